The van der Waals surface area contributed by atoms with Gasteiger partial charge in [-0.1, -0.05) is 103 Å². The molecular weight excluding hydrogens is 356 g/mol. The SMILES string of the molecule is CCCCCCCCC(CCCC)CCCCc1ccc(S(=O)(=O)O)cc1. The summed E-state index contributed by atoms with van der Waals surface area (Å²) in [5.41, 5.74) is 1.14. The summed E-state index contributed by atoms with van der Waals surface area (Å²) in [6.07, 6.45) is 18.3. The van der Waals surface area contributed by atoms with Gasteiger partial charge in [0.2, 0.25) is 0 Å². The van der Waals surface area contributed by atoms with E-state index in [2.05, 4.69) is 13.8 Å². The van der Waals surface area contributed by atoms with Gasteiger partial charge >= 0.3 is 0 Å². The zero-order chi connectivity index (χ0) is 20.0. The van der Waals surface area contributed by atoms with Crippen molar-refractivity contribution in [1.29, 1.82) is 0 Å². The minimum Gasteiger partial charge on any atom is -0.282 e. The monoisotopic (exact) mass is 396 g/mol. The molecule has 1 aromatic carbocycles. The standard InChI is InChI=1S/C23H40O3S/c1-3-5-7-8-9-10-14-21(13-6-4-2)15-11-12-16-22-17-19-23(20-18-22)27(24,25)26/h17-21H,3-16H2,1-2H3,(H,24,25,26). The van der Waals surface area contributed by atoms with E-state index >= 15 is 0 Å². The molecule has 0 aromatic heterocycles. The van der Waals surface area contributed by atoms with Crippen LogP contribution in [0.3, 0.4) is 0 Å². The Morgan fingerprint density at radius 2 is 1.26 bits per heavy atom. The second kappa shape index (κ2) is 14.2. The van der Waals surface area contributed by atoms with Crippen LogP contribution < -0.4 is 0 Å². The van der Waals surface area contributed by atoms with Crippen molar-refractivity contribution >= 4 is 10.1 Å². The summed E-state index contributed by atoms with van der Waals surface area (Å²) in [6, 6.07) is 6.61. The highest BCUT2D eigenvalue weighted by Crippen LogP contribution is 2.24. The molecule has 0 fully saturated rings. The van der Waals surface area contributed by atoms with Crippen LogP contribution in [0.2, 0.25) is 0 Å². The van der Waals surface area contributed by atoms with Crippen LogP contribution in [0.15, 0.2) is 29.2 Å². The van der Waals surface area contributed by atoms with E-state index in [0.29, 0.717) is 0 Å². The number of rotatable bonds is 16. The van der Waals surface area contributed by atoms with E-state index in [-0.39, 0.29) is 4.90 Å². The Kier molecular flexibility index (Phi) is 12.7. The molecule has 1 aromatic rings. The third-order valence-corrected chi connectivity index (χ3v) is 6.35. The lowest BCUT2D eigenvalue weighted by Gasteiger charge is -2.16. The van der Waals surface area contributed by atoms with Crippen molar-refractivity contribution in [2.75, 3.05) is 0 Å². The third-order valence-electron chi connectivity index (χ3n) is 5.48. The average Bonchev–Trinajstić information content (AvgIpc) is 2.64. The van der Waals surface area contributed by atoms with Crippen molar-refractivity contribution in [3.63, 3.8) is 0 Å². The van der Waals surface area contributed by atoms with Crippen LogP contribution in [-0.2, 0) is 16.5 Å². The summed E-state index contributed by atoms with van der Waals surface area (Å²) < 4.78 is 31.2. The maximum Gasteiger partial charge on any atom is 0.294 e. The Hall–Kier alpha value is -0.870. The molecule has 0 bridgehead atoms. The second-order valence-electron chi connectivity index (χ2n) is 7.93. The predicted octanol–water partition coefficient (Wildman–Crippen LogP) is 7.20. The van der Waals surface area contributed by atoms with Crippen molar-refractivity contribution in [2.24, 2.45) is 5.92 Å². The first-order chi connectivity index (χ1) is 13.0. The number of aryl methyl sites for hydroxylation is 1. The maximum absolute atomic E-state index is 11.1. The molecule has 1 rings (SSSR count). The summed E-state index contributed by atoms with van der Waals surface area (Å²) in [5, 5.41) is 0. The number of hydrogen-bond donors (Lipinski definition) is 1. The molecule has 1 atom stereocenters. The summed E-state index contributed by atoms with van der Waals surface area (Å²) >= 11 is 0. The van der Waals surface area contributed by atoms with E-state index in [1.807, 2.05) is 12.1 Å². The van der Waals surface area contributed by atoms with E-state index in [0.717, 1.165) is 24.3 Å². The molecule has 0 aliphatic heterocycles. The molecule has 0 saturated heterocycles. The normalized spacial score (nSPS) is 13.0. The van der Waals surface area contributed by atoms with Gasteiger partial charge in [-0.05, 0) is 36.5 Å². The van der Waals surface area contributed by atoms with Gasteiger partial charge in [0.1, 0.15) is 0 Å². The molecule has 156 valence electrons. The summed E-state index contributed by atoms with van der Waals surface area (Å²) in [5.74, 6) is 0.873. The molecule has 0 radical (unpaired) electrons. The minimum absolute atomic E-state index is 0.0233. The van der Waals surface area contributed by atoms with E-state index in [9.17, 15) is 8.42 Å². The Morgan fingerprint density at radius 1 is 0.741 bits per heavy atom. The fourth-order valence-corrected chi connectivity index (χ4v) is 4.21. The van der Waals surface area contributed by atoms with Gasteiger partial charge in [-0.25, -0.2) is 0 Å². The Bertz CT molecular complexity index is 578. The lowest BCUT2D eigenvalue weighted by atomic mass is 9.90. The molecule has 0 saturated carbocycles. The van der Waals surface area contributed by atoms with Crippen molar-refractivity contribution in [1.82, 2.24) is 0 Å². The summed E-state index contributed by atoms with van der Waals surface area (Å²) in [4.78, 5) is -0.0233. The molecule has 1 unspecified atom stereocenters. The third kappa shape index (κ3) is 11.5. The van der Waals surface area contributed by atoms with Crippen LogP contribution >= 0.6 is 0 Å². The first-order valence-corrected chi connectivity index (χ1v) is 12.5. The number of hydrogen-bond acceptors (Lipinski definition) is 2. The van der Waals surface area contributed by atoms with Crippen molar-refractivity contribution < 1.29 is 13.0 Å². The van der Waals surface area contributed by atoms with Gasteiger partial charge in [0.05, 0.1) is 4.90 Å². The molecule has 27 heavy (non-hydrogen) atoms. The highest BCUT2D eigenvalue weighted by Gasteiger charge is 2.10. The Balaban J connectivity index is 2.27. The van der Waals surface area contributed by atoms with Crippen LogP contribution in [0.4, 0.5) is 0 Å². The van der Waals surface area contributed by atoms with E-state index in [1.54, 1.807) is 0 Å². The lowest BCUT2D eigenvalue weighted by Crippen LogP contribution is -2.02. The molecule has 3 nitrogen and oxygen atoms in total. The van der Waals surface area contributed by atoms with Gasteiger partial charge < -0.3 is 0 Å². The van der Waals surface area contributed by atoms with Gasteiger partial charge in [-0.15, -0.1) is 0 Å². The summed E-state index contributed by atoms with van der Waals surface area (Å²) in [7, 11) is -4.08. The molecule has 0 aliphatic rings. The molecule has 0 heterocycles. The minimum atomic E-state index is -4.08. The van der Waals surface area contributed by atoms with Gasteiger partial charge in [0.25, 0.3) is 10.1 Å². The maximum atomic E-state index is 11.1. The smallest absolute Gasteiger partial charge is 0.282 e. The predicted molar refractivity (Wildman–Crippen MR) is 115 cm³/mol. The fourth-order valence-electron chi connectivity index (χ4n) is 3.73. The fraction of sp³-hybridized carbons (Fsp3) is 0.739. The zero-order valence-corrected chi connectivity index (χ0v) is 18.3. The topological polar surface area (TPSA) is 54.4 Å². The van der Waals surface area contributed by atoms with E-state index < -0.39 is 10.1 Å². The van der Waals surface area contributed by atoms with Gasteiger partial charge in [-0.3, -0.25) is 4.55 Å². The highest BCUT2D eigenvalue weighted by atomic mass is 32.2. The van der Waals surface area contributed by atoms with E-state index in [4.69, 9.17) is 4.55 Å². The van der Waals surface area contributed by atoms with Crippen LogP contribution in [0, 0.1) is 5.92 Å². The Labute approximate surface area is 167 Å². The lowest BCUT2D eigenvalue weighted by molar-refractivity contribution is 0.374. The molecule has 0 spiro atoms. The van der Waals surface area contributed by atoms with E-state index in [1.165, 1.54) is 89.2 Å². The second-order valence-corrected chi connectivity index (χ2v) is 9.35. The first-order valence-electron chi connectivity index (χ1n) is 11.0. The molecule has 0 aliphatic carbocycles. The van der Waals surface area contributed by atoms with Crippen LogP contribution in [0.5, 0.6) is 0 Å². The average molecular weight is 397 g/mol. The van der Waals surface area contributed by atoms with Gasteiger partial charge in [0.15, 0.2) is 0 Å². The van der Waals surface area contributed by atoms with Crippen LogP contribution in [0.25, 0.3) is 0 Å². The molecule has 0 amide bonds. The zero-order valence-electron chi connectivity index (χ0n) is 17.5. The van der Waals surface area contributed by atoms with Gasteiger partial charge in [0, 0.05) is 0 Å². The number of benzene rings is 1. The highest BCUT2D eigenvalue weighted by molar-refractivity contribution is 7.85. The van der Waals surface area contributed by atoms with Crippen molar-refractivity contribution in [3.05, 3.63) is 29.8 Å². The molecule has 4 heteroatoms. The summed E-state index contributed by atoms with van der Waals surface area (Å²) in [6.45, 7) is 4.54. The first kappa shape index (κ1) is 24.2. The molecule has 1 N–H and O–H groups in total. The molecular formula is C23H40O3S. The van der Waals surface area contributed by atoms with Crippen molar-refractivity contribution in [3.8, 4) is 0 Å². The number of unbranched alkanes of at least 4 members (excludes halogenated alkanes) is 7. The quantitative estimate of drug-likeness (QED) is 0.237. The van der Waals surface area contributed by atoms with Crippen LogP contribution in [-0.4, -0.2) is 13.0 Å². The Morgan fingerprint density at radius 3 is 1.85 bits per heavy atom. The van der Waals surface area contributed by atoms with Crippen LogP contribution in [0.1, 0.15) is 103 Å². The van der Waals surface area contributed by atoms with Crippen molar-refractivity contribution in [2.45, 2.75) is 109 Å². The largest absolute Gasteiger partial charge is 0.294 e. The van der Waals surface area contributed by atoms with Gasteiger partial charge in [-0.2, -0.15) is 8.42 Å².